The quantitative estimate of drug-likeness (QED) is 0.865. The topological polar surface area (TPSA) is 37.8 Å². The third kappa shape index (κ3) is 3.05. The van der Waals surface area contributed by atoms with Gasteiger partial charge in [0, 0.05) is 17.3 Å². The number of hydrogen-bond donors (Lipinski definition) is 1. The van der Waals surface area contributed by atoms with Crippen LogP contribution in [0.4, 0.5) is 5.82 Å². The zero-order valence-electron chi connectivity index (χ0n) is 13.3. The van der Waals surface area contributed by atoms with E-state index in [9.17, 15) is 0 Å². The third-order valence-corrected chi connectivity index (χ3v) is 5.71. The van der Waals surface area contributed by atoms with Crippen molar-refractivity contribution in [2.45, 2.75) is 58.8 Å². The highest BCUT2D eigenvalue weighted by atomic mass is 32.1. The fourth-order valence-electron chi connectivity index (χ4n) is 3.17. The molecule has 3 nitrogen and oxygen atoms in total. The third-order valence-electron chi connectivity index (χ3n) is 4.53. The molecule has 0 aliphatic heterocycles. The standard InChI is InChI=1S/C17H25N3S/c1-4-13-10-14-16(18-5-2)19-15(20-17(14)21-13)12-8-6-11(3)7-9-12/h10-12H,4-9H2,1-3H3,(H,18,19,20). The van der Waals surface area contributed by atoms with Gasteiger partial charge in [0.25, 0.3) is 0 Å². The summed E-state index contributed by atoms with van der Waals surface area (Å²) >= 11 is 1.82. The van der Waals surface area contributed by atoms with Gasteiger partial charge in [-0.05, 0) is 38.2 Å². The Labute approximate surface area is 131 Å². The smallest absolute Gasteiger partial charge is 0.138 e. The van der Waals surface area contributed by atoms with Crippen LogP contribution in [0.5, 0.6) is 0 Å². The maximum atomic E-state index is 4.90. The van der Waals surface area contributed by atoms with Gasteiger partial charge in [-0.15, -0.1) is 11.3 Å². The van der Waals surface area contributed by atoms with Crippen LogP contribution < -0.4 is 5.32 Å². The number of aromatic nitrogens is 2. The van der Waals surface area contributed by atoms with Gasteiger partial charge in [0.05, 0.1) is 5.39 Å². The van der Waals surface area contributed by atoms with Gasteiger partial charge in [0.15, 0.2) is 0 Å². The Kier molecular flexibility index (Phi) is 4.43. The molecule has 2 aromatic heterocycles. The highest BCUT2D eigenvalue weighted by molar-refractivity contribution is 7.18. The maximum Gasteiger partial charge on any atom is 0.138 e. The van der Waals surface area contributed by atoms with E-state index in [1.807, 2.05) is 11.3 Å². The average molecular weight is 303 g/mol. The molecule has 0 atom stereocenters. The van der Waals surface area contributed by atoms with Crippen LogP contribution in [0.25, 0.3) is 10.2 Å². The first-order valence-corrected chi connectivity index (χ1v) is 9.07. The van der Waals surface area contributed by atoms with Crippen molar-refractivity contribution >= 4 is 27.4 Å². The number of thiophene rings is 1. The van der Waals surface area contributed by atoms with Crippen molar-refractivity contribution in [1.29, 1.82) is 0 Å². The fourth-order valence-corrected chi connectivity index (χ4v) is 4.14. The van der Waals surface area contributed by atoms with Crippen molar-refractivity contribution in [3.8, 4) is 0 Å². The summed E-state index contributed by atoms with van der Waals surface area (Å²) in [4.78, 5) is 12.3. The molecular weight excluding hydrogens is 278 g/mol. The van der Waals surface area contributed by atoms with E-state index in [4.69, 9.17) is 9.97 Å². The number of aryl methyl sites for hydroxylation is 1. The normalized spacial score (nSPS) is 22.6. The van der Waals surface area contributed by atoms with E-state index in [-0.39, 0.29) is 0 Å². The number of nitrogens with zero attached hydrogens (tertiary/aromatic N) is 2. The van der Waals surface area contributed by atoms with Crippen LogP contribution in [-0.4, -0.2) is 16.5 Å². The summed E-state index contributed by atoms with van der Waals surface area (Å²) in [5, 5.41) is 4.63. The number of anilines is 1. The van der Waals surface area contributed by atoms with Crippen LogP contribution in [0.15, 0.2) is 6.07 Å². The Balaban J connectivity index is 1.98. The lowest BCUT2D eigenvalue weighted by molar-refractivity contribution is 0.340. The molecule has 114 valence electrons. The monoisotopic (exact) mass is 303 g/mol. The average Bonchev–Trinajstić information content (AvgIpc) is 2.91. The molecule has 0 bridgehead atoms. The van der Waals surface area contributed by atoms with E-state index >= 15 is 0 Å². The molecule has 0 amide bonds. The second-order valence-corrected chi connectivity index (χ2v) is 7.32. The molecule has 1 N–H and O–H groups in total. The van der Waals surface area contributed by atoms with Crippen LogP contribution in [0, 0.1) is 5.92 Å². The van der Waals surface area contributed by atoms with Gasteiger partial charge in [-0.1, -0.05) is 26.7 Å². The van der Waals surface area contributed by atoms with Crippen molar-refractivity contribution in [2.24, 2.45) is 5.92 Å². The zero-order valence-corrected chi connectivity index (χ0v) is 14.1. The SMILES string of the molecule is CCNc1nc(C2CCC(C)CC2)nc2sc(CC)cc12. The summed E-state index contributed by atoms with van der Waals surface area (Å²) < 4.78 is 0. The van der Waals surface area contributed by atoms with E-state index in [1.165, 1.54) is 35.9 Å². The van der Waals surface area contributed by atoms with Crippen LogP contribution in [0.2, 0.25) is 0 Å². The van der Waals surface area contributed by atoms with E-state index < -0.39 is 0 Å². The van der Waals surface area contributed by atoms with Crippen LogP contribution >= 0.6 is 11.3 Å². The first kappa shape index (κ1) is 14.8. The predicted octanol–water partition coefficient (Wildman–Crippen LogP) is 4.98. The van der Waals surface area contributed by atoms with Crippen molar-refractivity contribution < 1.29 is 0 Å². The first-order valence-electron chi connectivity index (χ1n) is 8.25. The number of hydrogen-bond acceptors (Lipinski definition) is 4. The van der Waals surface area contributed by atoms with Gasteiger partial charge >= 0.3 is 0 Å². The van der Waals surface area contributed by atoms with Crippen LogP contribution in [0.1, 0.15) is 63.1 Å². The van der Waals surface area contributed by atoms with Gasteiger partial charge in [0.2, 0.25) is 0 Å². The van der Waals surface area contributed by atoms with Crippen molar-refractivity contribution in [3.05, 3.63) is 16.8 Å². The Hall–Kier alpha value is -1.16. The minimum absolute atomic E-state index is 0.551. The van der Waals surface area contributed by atoms with E-state index in [1.54, 1.807) is 0 Å². The molecule has 0 saturated heterocycles. The molecule has 1 aliphatic carbocycles. The van der Waals surface area contributed by atoms with E-state index in [0.717, 1.165) is 35.4 Å². The van der Waals surface area contributed by atoms with E-state index in [0.29, 0.717) is 5.92 Å². The second-order valence-electron chi connectivity index (χ2n) is 6.20. The molecule has 0 radical (unpaired) electrons. The Morgan fingerprint density at radius 1 is 1.19 bits per heavy atom. The number of nitrogens with one attached hydrogen (secondary N) is 1. The zero-order chi connectivity index (χ0) is 14.8. The lowest BCUT2D eigenvalue weighted by Gasteiger charge is -2.25. The summed E-state index contributed by atoms with van der Waals surface area (Å²) in [6.45, 7) is 7.60. The summed E-state index contributed by atoms with van der Waals surface area (Å²) in [6.07, 6.45) is 6.18. The molecule has 1 fully saturated rings. The number of rotatable bonds is 4. The lowest BCUT2D eigenvalue weighted by Crippen LogP contribution is -2.14. The molecule has 3 rings (SSSR count). The van der Waals surface area contributed by atoms with Gasteiger partial charge in [0.1, 0.15) is 16.5 Å². The molecular formula is C17H25N3S. The highest BCUT2D eigenvalue weighted by Gasteiger charge is 2.23. The van der Waals surface area contributed by atoms with Gasteiger partial charge in [-0.25, -0.2) is 9.97 Å². The molecule has 1 aliphatic rings. The molecule has 2 aromatic rings. The van der Waals surface area contributed by atoms with Gasteiger partial charge < -0.3 is 5.32 Å². The Bertz CT molecular complexity index is 612. The lowest BCUT2D eigenvalue weighted by atomic mass is 9.82. The minimum Gasteiger partial charge on any atom is -0.370 e. The van der Waals surface area contributed by atoms with Gasteiger partial charge in [-0.2, -0.15) is 0 Å². The summed E-state index contributed by atoms with van der Waals surface area (Å²) in [5.41, 5.74) is 0. The summed E-state index contributed by atoms with van der Waals surface area (Å²) in [5.74, 6) is 3.52. The van der Waals surface area contributed by atoms with Crippen molar-refractivity contribution in [2.75, 3.05) is 11.9 Å². The molecule has 0 spiro atoms. The second kappa shape index (κ2) is 6.30. The first-order chi connectivity index (χ1) is 10.2. The number of fused-ring (bicyclic) bond motifs is 1. The van der Waals surface area contributed by atoms with Crippen molar-refractivity contribution in [1.82, 2.24) is 9.97 Å². The summed E-state index contributed by atoms with van der Waals surface area (Å²) in [6, 6.07) is 2.25. The highest BCUT2D eigenvalue weighted by Crippen LogP contribution is 2.37. The Morgan fingerprint density at radius 2 is 1.95 bits per heavy atom. The molecule has 0 unspecified atom stereocenters. The van der Waals surface area contributed by atoms with Crippen molar-refractivity contribution in [3.63, 3.8) is 0 Å². The largest absolute Gasteiger partial charge is 0.370 e. The predicted molar refractivity (Wildman–Crippen MR) is 91.3 cm³/mol. The molecule has 2 heterocycles. The maximum absolute atomic E-state index is 4.90. The van der Waals surface area contributed by atoms with Gasteiger partial charge in [-0.3, -0.25) is 0 Å². The van der Waals surface area contributed by atoms with Crippen LogP contribution in [-0.2, 0) is 6.42 Å². The molecule has 0 aromatic carbocycles. The molecule has 4 heteroatoms. The summed E-state index contributed by atoms with van der Waals surface area (Å²) in [7, 11) is 0. The Morgan fingerprint density at radius 3 is 2.62 bits per heavy atom. The van der Waals surface area contributed by atoms with Crippen LogP contribution in [0.3, 0.4) is 0 Å². The minimum atomic E-state index is 0.551. The van der Waals surface area contributed by atoms with E-state index in [2.05, 4.69) is 32.2 Å². The molecule has 1 saturated carbocycles. The fraction of sp³-hybridized carbons (Fsp3) is 0.647. The molecule has 21 heavy (non-hydrogen) atoms.